The first-order chi connectivity index (χ1) is 12.5. The number of aromatic amines is 1. The number of carbonyl (C=O) groups is 3. The van der Waals surface area contributed by atoms with Gasteiger partial charge in [0, 0.05) is 22.2 Å². The van der Waals surface area contributed by atoms with Gasteiger partial charge in [-0.05, 0) is 49.7 Å². The van der Waals surface area contributed by atoms with Crippen LogP contribution in [0.4, 0.5) is 0 Å². The molecular formula is C20H18N2O4. The van der Waals surface area contributed by atoms with Gasteiger partial charge in [0.2, 0.25) is 0 Å². The molecule has 0 aliphatic carbocycles. The minimum absolute atomic E-state index is 0.349. The number of fused-ring (bicyclic) bond motifs is 1. The number of aryl methyl sites for hydroxylation is 2. The summed E-state index contributed by atoms with van der Waals surface area (Å²) in [5.74, 6) is -1.83. The monoisotopic (exact) mass is 350 g/mol. The third-order valence-electron chi connectivity index (χ3n) is 4.17. The van der Waals surface area contributed by atoms with Crippen LogP contribution in [-0.4, -0.2) is 29.4 Å². The van der Waals surface area contributed by atoms with Gasteiger partial charge >= 0.3 is 5.97 Å². The molecule has 0 saturated heterocycles. The normalized spacial score (nSPS) is 10.5. The quantitative estimate of drug-likeness (QED) is 0.708. The maximum absolute atomic E-state index is 12.2. The lowest BCUT2D eigenvalue weighted by atomic mass is 10.1. The first-order valence-corrected chi connectivity index (χ1v) is 8.11. The Morgan fingerprint density at radius 2 is 1.73 bits per heavy atom. The summed E-state index contributed by atoms with van der Waals surface area (Å²) in [6.45, 7) is 3.40. The van der Waals surface area contributed by atoms with E-state index in [2.05, 4.69) is 10.3 Å². The molecule has 132 valence electrons. The summed E-state index contributed by atoms with van der Waals surface area (Å²) < 4.78 is 5.01. The molecule has 0 saturated carbocycles. The van der Waals surface area contributed by atoms with Crippen molar-refractivity contribution in [3.63, 3.8) is 0 Å². The van der Waals surface area contributed by atoms with Crippen LogP contribution < -0.4 is 5.32 Å². The number of imide groups is 1. The van der Waals surface area contributed by atoms with Crippen molar-refractivity contribution >= 4 is 28.7 Å². The van der Waals surface area contributed by atoms with Crippen LogP contribution in [0.15, 0.2) is 48.5 Å². The minimum atomic E-state index is -0.679. The van der Waals surface area contributed by atoms with Gasteiger partial charge in [0.1, 0.15) is 0 Å². The molecule has 0 unspecified atom stereocenters. The molecule has 3 rings (SSSR count). The molecule has 1 heterocycles. The van der Waals surface area contributed by atoms with Crippen molar-refractivity contribution in [2.75, 3.05) is 6.61 Å². The third kappa shape index (κ3) is 3.64. The van der Waals surface area contributed by atoms with Gasteiger partial charge in [0.05, 0.1) is 5.56 Å². The number of amides is 2. The van der Waals surface area contributed by atoms with Crippen LogP contribution in [0.2, 0.25) is 0 Å². The summed E-state index contributed by atoms with van der Waals surface area (Å²) in [6.07, 6.45) is 0. The SMILES string of the molecule is Cc1[nH]c2ccc(C(=O)OCC(=O)NC(=O)c3ccccc3)cc2c1C. The highest BCUT2D eigenvalue weighted by Crippen LogP contribution is 2.22. The predicted molar refractivity (Wildman–Crippen MR) is 97.0 cm³/mol. The first-order valence-electron chi connectivity index (χ1n) is 8.11. The van der Waals surface area contributed by atoms with E-state index in [1.165, 1.54) is 0 Å². The third-order valence-corrected chi connectivity index (χ3v) is 4.17. The van der Waals surface area contributed by atoms with Crippen LogP contribution in [0.1, 0.15) is 32.0 Å². The van der Waals surface area contributed by atoms with E-state index in [0.29, 0.717) is 11.1 Å². The van der Waals surface area contributed by atoms with Crippen LogP contribution in [0.5, 0.6) is 0 Å². The van der Waals surface area contributed by atoms with Gasteiger partial charge in [-0.1, -0.05) is 18.2 Å². The maximum Gasteiger partial charge on any atom is 0.338 e. The molecule has 26 heavy (non-hydrogen) atoms. The molecule has 0 aliphatic heterocycles. The molecule has 2 aromatic carbocycles. The van der Waals surface area contributed by atoms with E-state index in [4.69, 9.17) is 4.74 Å². The second kappa shape index (κ2) is 7.23. The fraction of sp³-hybridized carbons (Fsp3) is 0.150. The average molecular weight is 350 g/mol. The summed E-state index contributed by atoms with van der Waals surface area (Å²) in [5, 5.41) is 3.12. The van der Waals surface area contributed by atoms with Crippen LogP contribution in [-0.2, 0) is 9.53 Å². The molecule has 0 aliphatic rings. The maximum atomic E-state index is 12.2. The predicted octanol–water partition coefficient (Wildman–Crippen LogP) is 2.90. The molecule has 0 fully saturated rings. The Kier molecular flexibility index (Phi) is 4.84. The number of rotatable bonds is 4. The molecule has 3 aromatic rings. The molecule has 2 N–H and O–H groups in total. The summed E-state index contributed by atoms with van der Waals surface area (Å²) in [6, 6.07) is 13.5. The van der Waals surface area contributed by atoms with Crippen LogP contribution in [0.3, 0.4) is 0 Å². The summed E-state index contributed by atoms with van der Waals surface area (Å²) in [5.41, 5.74) is 3.73. The van der Waals surface area contributed by atoms with Gasteiger partial charge < -0.3 is 9.72 Å². The van der Waals surface area contributed by atoms with Gasteiger partial charge in [-0.2, -0.15) is 0 Å². The molecular weight excluding hydrogens is 332 g/mol. The van der Waals surface area contributed by atoms with Crippen molar-refractivity contribution in [2.24, 2.45) is 0 Å². The van der Waals surface area contributed by atoms with Gasteiger partial charge in [0.25, 0.3) is 11.8 Å². The Labute approximate surface area is 150 Å². The van der Waals surface area contributed by atoms with E-state index >= 15 is 0 Å². The van der Waals surface area contributed by atoms with Gasteiger partial charge in [0.15, 0.2) is 6.61 Å². The standard InChI is InChI=1S/C20H18N2O4/c1-12-13(2)21-17-9-8-15(10-16(12)17)20(25)26-11-18(23)22-19(24)14-6-4-3-5-7-14/h3-10,21H,11H2,1-2H3,(H,22,23,24). The first kappa shape index (κ1) is 17.4. The lowest BCUT2D eigenvalue weighted by Crippen LogP contribution is -2.34. The lowest BCUT2D eigenvalue weighted by Gasteiger charge is -2.06. The van der Waals surface area contributed by atoms with Crippen LogP contribution >= 0.6 is 0 Å². The Morgan fingerprint density at radius 3 is 2.46 bits per heavy atom. The highest BCUT2D eigenvalue weighted by atomic mass is 16.5. The fourth-order valence-corrected chi connectivity index (χ4v) is 2.63. The molecule has 6 nitrogen and oxygen atoms in total. The number of hydrogen-bond acceptors (Lipinski definition) is 4. The molecule has 0 atom stereocenters. The van der Waals surface area contributed by atoms with Crippen LogP contribution in [0, 0.1) is 13.8 Å². The Hall–Kier alpha value is -3.41. The number of nitrogens with one attached hydrogen (secondary N) is 2. The van der Waals surface area contributed by atoms with E-state index in [1.54, 1.807) is 48.5 Å². The van der Waals surface area contributed by atoms with Gasteiger partial charge in [-0.25, -0.2) is 4.79 Å². The van der Waals surface area contributed by atoms with Crippen LogP contribution in [0.25, 0.3) is 10.9 Å². The number of aromatic nitrogens is 1. The largest absolute Gasteiger partial charge is 0.452 e. The number of hydrogen-bond donors (Lipinski definition) is 2. The van der Waals surface area contributed by atoms with Crippen molar-refractivity contribution in [1.82, 2.24) is 10.3 Å². The molecule has 0 radical (unpaired) electrons. The smallest absolute Gasteiger partial charge is 0.338 e. The van der Waals surface area contributed by atoms with Crippen molar-refractivity contribution in [3.05, 3.63) is 70.9 Å². The zero-order valence-electron chi connectivity index (χ0n) is 14.5. The van der Waals surface area contributed by atoms with Gasteiger partial charge in [-0.15, -0.1) is 0 Å². The Balaban J connectivity index is 1.61. The highest BCUT2D eigenvalue weighted by Gasteiger charge is 2.15. The van der Waals surface area contributed by atoms with E-state index in [-0.39, 0.29) is 0 Å². The average Bonchev–Trinajstić information content (AvgIpc) is 2.94. The van der Waals surface area contributed by atoms with Crippen molar-refractivity contribution in [2.45, 2.75) is 13.8 Å². The minimum Gasteiger partial charge on any atom is -0.452 e. The van der Waals surface area contributed by atoms with Gasteiger partial charge in [-0.3, -0.25) is 14.9 Å². The Bertz CT molecular complexity index is 990. The van der Waals surface area contributed by atoms with Crippen molar-refractivity contribution in [3.8, 4) is 0 Å². The zero-order chi connectivity index (χ0) is 18.7. The number of esters is 1. The second-order valence-electron chi connectivity index (χ2n) is 5.95. The second-order valence-corrected chi connectivity index (χ2v) is 5.95. The van der Waals surface area contributed by atoms with E-state index in [0.717, 1.165) is 22.2 Å². The number of benzene rings is 2. The molecule has 2 amide bonds. The summed E-state index contributed by atoms with van der Waals surface area (Å²) in [7, 11) is 0. The molecule has 1 aromatic heterocycles. The highest BCUT2D eigenvalue weighted by molar-refractivity contribution is 6.05. The zero-order valence-corrected chi connectivity index (χ0v) is 14.5. The molecule has 6 heteroatoms. The fourth-order valence-electron chi connectivity index (χ4n) is 2.63. The van der Waals surface area contributed by atoms with E-state index < -0.39 is 24.4 Å². The topological polar surface area (TPSA) is 88.3 Å². The molecule has 0 bridgehead atoms. The summed E-state index contributed by atoms with van der Waals surface area (Å²) in [4.78, 5) is 39.1. The van der Waals surface area contributed by atoms with E-state index in [9.17, 15) is 14.4 Å². The van der Waals surface area contributed by atoms with Crippen molar-refractivity contribution in [1.29, 1.82) is 0 Å². The summed E-state index contributed by atoms with van der Waals surface area (Å²) >= 11 is 0. The van der Waals surface area contributed by atoms with E-state index in [1.807, 2.05) is 13.8 Å². The number of H-pyrrole nitrogens is 1. The number of carbonyl (C=O) groups excluding carboxylic acids is 3. The number of ether oxygens (including phenoxy) is 1. The lowest BCUT2D eigenvalue weighted by molar-refractivity contribution is -0.123. The Morgan fingerprint density at radius 1 is 1.00 bits per heavy atom. The van der Waals surface area contributed by atoms with Crippen molar-refractivity contribution < 1.29 is 19.1 Å². The molecule has 0 spiro atoms.